The minimum absolute atomic E-state index is 0.0216. The SMILES string of the molecule is CCCCCCCCCCCC(=O)OCC(C)C. The number of carbonyl (C=O) groups is 1. The monoisotopic (exact) mass is 256 g/mol. The number of hydrogen-bond donors (Lipinski definition) is 0. The predicted octanol–water partition coefficient (Wildman–Crippen LogP) is 5.11. The van der Waals surface area contributed by atoms with Gasteiger partial charge in [-0.05, 0) is 12.3 Å². The number of hydrogen-bond acceptors (Lipinski definition) is 2. The van der Waals surface area contributed by atoms with E-state index in [4.69, 9.17) is 4.74 Å². The molecule has 0 fully saturated rings. The van der Waals surface area contributed by atoms with Crippen molar-refractivity contribution in [3.05, 3.63) is 0 Å². The topological polar surface area (TPSA) is 26.3 Å². The summed E-state index contributed by atoms with van der Waals surface area (Å²) < 4.78 is 5.14. The zero-order chi connectivity index (χ0) is 13.6. The summed E-state index contributed by atoms with van der Waals surface area (Å²) in [6.45, 7) is 6.94. The number of rotatable bonds is 12. The first-order chi connectivity index (χ1) is 8.66. The summed E-state index contributed by atoms with van der Waals surface area (Å²) in [5.74, 6) is 0.420. The Labute approximate surface area is 113 Å². The van der Waals surface area contributed by atoms with Crippen LogP contribution in [0.3, 0.4) is 0 Å². The molecule has 18 heavy (non-hydrogen) atoms. The highest BCUT2D eigenvalue weighted by atomic mass is 16.5. The molecule has 0 aromatic rings. The number of esters is 1. The lowest BCUT2D eigenvalue weighted by atomic mass is 10.1. The quantitative estimate of drug-likeness (QED) is 0.358. The van der Waals surface area contributed by atoms with Gasteiger partial charge in [0.2, 0.25) is 0 Å². The van der Waals surface area contributed by atoms with Crippen molar-refractivity contribution in [2.75, 3.05) is 6.61 Å². The molecule has 0 aromatic heterocycles. The second-order valence-corrected chi connectivity index (χ2v) is 5.66. The molecule has 0 heterocycles. The second-order valence-electron chi connectivity index (χ2n) is 5.66. The fourth-order valence-electron chi connectivity index (χ4n) is 1.91. The summed E-state index contributed by atoms with van der Waals surface area (Å²) in [5.41, 5.74) is 0. The first kappa shape index (κ1) is 17.5. The summed E-state index contributed by atoms with van der Waals surface area (Å²) in [7, 11) is 0. The molecule has 0 bridgehead atoms. The lowest BCUT2D eigenvalue weighted by Gasteiger charge is -2.06. The first-order valence-corrected chi connectivity index (χ1v) is 7.82. The van der Waals surface area contributed by atoms with Crippen LogP contribution >= 0.6 is 0 Å². The van der Waals surface area contributed by atoms with Crippen molar-refractivity contribution in [2.24, 2.45) is 5.92 Å². The van der Waals surface area contributed by atoms with E-state index in [2.05, 4.69) is 20.8 Å². The minimum atomic E-state index is -0.0216. The lowest BCUT2D eigenvalue weighted by Crippen LogP contribution is -2.09. The molecule has 0 aliphatic rings. The van der Waals surface area contributed by atoms with Crippen LogP contribution in [0.5, 0.6) is 0 Å². The van der Waals surface area contributed by atoms with Gasteiger partial charge in [-0.3, -0.25) is 4.79 Å². The van der Waals surface area contributed by atoms with Gasteiger partial charge in [0.1, 0.15) is 0 Å². The summed E-state index contributed by atoms with van der Waals surface area (Å²) >= 11 is 0. The van der Waals surface area contributed by atoms with Gasteiger partial charge < -0.3 is 4.74 Å². The normalized spacial score (nSPS) is 10.9. The van der Waals surface area contributed by atoms with Crippen LogP contribution in [0, 0.1) is 5.92 Å². The lowest BCUT2D eigenvalue weighted by molar-refractivity contribution is -0.144. The van der Waals surface area contributed by atoms with Crippen LogP contribution in [-0.4, -0.2) is 12.6 Å². The van der Waals surface area contributed by atoms with Crippen LogP contribution in [0.25, 0.3) is 0 Å². The van der Waals surface area contributed by atoms with Crippen LogP contribution in [0.4, 0.5) is 0 Å². The Hall–Kier alpha value is -0.530. The molecule has 0 rings (SSSR count). The minimum Gasteiger partial charge on any atom is -0.465 e. The molecule has 0 aliphatic heterocycles. The highest BCUT2D eigenvalue weighted by Gasteiger charge is 2.03. The zero-order valence-electron chi connectivity index (χ0n) is 12.7. The molecule has 0 spiro atoms. The Bertz CT molecular complexity index is 188. The Morgan fingerprint density at radius 3 is 1.89 bits per heavy atom. The highest BCUT2D eigenvalue weighted by molar-refractivity contribution is 5.69. The van der Waals surface area contributed by atoms with Gasteiger partial charge in [0, 0.05) is 6.42 Å². The summed E-state index contributed by atoms with van der Waals surface area (Å²) in [4.78, 5) is 11.3. The Kier molecular flexibility index (Phi) is 12.5. The molecule has 0 atom stereocenters. The third kappa shape index (κ3) is 13.5. The van der Waals surface area contributed by atoms with Crippen LogP contribution in [0.15, 0.2) is 0 Å². The smallest absolute Gasteiger partial charge is 0.305 e. The average Bonchev–Trinajstić information content (AvgIpc) is 2.34. The van der Waals surface area contributed by atoms with Gasteiger partial charge in [0.05, 0.1) is 6.61 Å². The van der Waals surface area contributed by atoms with Crippen molar-refractivity contribution in [3.8, 4) is 0 Å². The standard InChI is InChI=1S/C16H32O2/c1-4-5-6-7-8-9-10-11-12-13-16(17)18-14-15(2)3/h15H,4-14H2,1-3H3. The van der Waals surface area contributed by atoms with Crippen molar-refractivity contribution in [3.63, 3.8) is 0 Å². The Morgan fingerprint density at radius 1 is 0.889 bits per heavy atom. The van der Waals surface area contributed by atoms with Gasteiger partial charge in [0.25, 0.3) is 0 Å². The molecule has 108 valence electrons. The summed E-state index contributed by atoms with van der Waals surface area (Å²) in [6.07, 6.45) is 12.2. The third-order valence-corrected chi connectivity index (χ3v) is 3.06. The van der Waals surface area contributed by atoms with E-state index < -0.39 is 0 Å². The Balaban J connectivity index is 3.12. The molecule has 0 saturated carbocycles. The fraction of sp³-hybridized carbons (Fsp3) is 0.938. The molecule has 0 unspecified atom stereocenters. The van der Waals surface area contributed by atoms with E-state index in [1.54, 1.807) is 0 Å². The van der Waals surface area contributed by atoms with Crippen molar-refractivity contribution < 1.29 is 9.53 Å². The van der Waals surface area contributed by atoms with E-state index in [1.807, 2.05) is 0 Å². The van der Waals surface area contributed by atoms with Gasteiger partial charge in [-0.15, -0.1) is 0 Å². The maximum absolute atomic E-state index is 11.3. The van der Waals surface area contributed by atoms with Crippen LogP contribution < -0.4 is 0 Å². The van der Waals surface area contributed by atoms with Crippen LogP contribution in [-0.2, 0) is 9.53 Å². The van der Waals surface area contributed by atoms with Gasteiger partial charge in [0.15, 0.2) is 0 Å². The summed E-state index contributed by atoms with van der Waals surface area (Å²) in [5, 5.41) is 0. The van der Waals surface area contributed by atoms with Crippen molar-refractivity contribution in [2.45, 2.75) is 85.0 Å². The second kappa shape index (κ2) is 12.9. The van der Waals surface area contributed by atoms with Crippen LogP contribution in [0.1, 0.15) is 85.0 Å². The zero-order valence-corrected chi connectivity index (χ0v) is 12.7. The molecule has 0 aliphatic carbocycles. The molecule has 0 saturated heterocycles. The molecule has 2 nitrogen and oxygen atoms in total. The van der Waals surface area contributed by atoms with Gasteiger partial charge in [-0.1, -0.05) is 72.1 Å². The van der Waals surface area contributed by atoms with Gasteiger partial charge >= 0.3 is 5.97 Å². The average molecular weight is 256 g/mol. The molecule has 2 heteroatoms. The van der Waals surface area contributed by atoms with E-state index >= 15 is 0 Å². The van der Waals surface area contributed by atoms with E-state index in [0.717, 1.165) is 6.42 Å². The summed E-state index contributed by atoms with van der Waals surface area (Å²) in [6, 6.07) is 0. The van der Waals surface area contributed by atoms with E-state index in [-0.39, 0.29) is 5.97 Å². The maximum Gasteiger partial charge on any atom is 0.305 e. The molecule has 0 amide bonds. The number of unbranched alkanes of at least 4 members (excludes halogenated alkanes) is 8. The molecular formula is C16H32O2. The molecule has 0 N–H and O–H groups in total. The van der Waals surface area contributed by atoms with Crippen molar-refractivity contribution >= 4 is 5.97 Å². The molecule has 0 radical (unpaired) electrons. The fourth-order valence-corrected chi connectivity index (χ4v) is 1.91. The van der Waals surface area contributed by atoms with Gasteiger partial charge in [-0.2, -0.15) is 0 Å². The van der Waals surface area contributed by atoms with Crippen molar-refractivity contribution in [1.82, 2.24) is 0 Å². The van der Waals surface area contributed by atoms with Crippen LogP contribution in [0.2, 0.25) is 0 Å². The first-order valence-electron chi connectivity index (χ1n) is 7.82. The highest BCUT2D eigenvalue weighted by Crippen LogP contribution is 2.10. The van der Waals surface area contributed by atoms with Crippen molar-refractivity contribution in [1.29, 1.82) is 0 Å². The molecular weight excluding hydrogens is 224 g/mol. The third-order valence-electron chi connectivity index (χ3n) is 3.06. The number of carbonyl (C=O) groups excluding carboxylic acids is 1. The largest absolute Gasteiger partial charge is 0.465 e. The van der Waals surface area contributed by atoms with Gasteiger partial charge in [-0.25, -0.2) is 0 Å². The predicted molar refractivity (Wildman–Crippen MR) is 77.6 cm³/mol. The molecule has 0 aromatic carbocycles. The number of ether oxygens (including phenoxy) is 1. The van der Waals surface area contributed by atoms with E-state index in [1.165, 1.54) is 51.4 Å². The van der Waals surface area contributed by atoms with E-state index in [9.17, 15) is 4.79 Å². The maximum atomic E-state index is 11.3. The van der Waals surface area contributed by atoms with E-state index in [0.29, 0.717) is 18.9 Å². The Morgan fingerprint density at radius 2 is 1.39 bits per heavy atom.